The van der Waals surface area contributed by atoms with Gasteiger partial charge in [-0.3, -0.25) is 35.6 Å². The summed E-state index contributed by atoms with van der Waals surface area (Å²) in [7, 11) is 1.73. The van der Waals surface area contributed by atoms with Crippen molar-refractivity contribution in [3.8, 4) is 0 Å². The van der Waals surface area contributed by atoms with Crippen molar-refractivity contribution in [2.75, 3.05) is 56.9 Å². The second kappa shape index (κ2) is 14.4. The summed E-state index contributed by atoms with van der Waals surface area (Å²) >= 11 is 0. The fourth-order valence-corrected chi connectivity index (χ4v) is 5.33. The molecule has 1 aromatic heterocycles. The first-order chi connectivity index (χ1) is 21.2. The molecule has 2 amide bonds. The standard InChI is InChI=1S/C31H39N11O2/c1-3-42(26-9-8-24(33)29(39-26)28(35)25(34)16-32)31(44)23-10-13-40(17-23)18-27(43)41-14-11-21(12-15-41)20-4-6-22(7-5-20)30(36)38-19-37-2/h4-9,11,16,19,23,32,34-35H,3,10,12-15,17-18,33H2,1-2H3,(H2,36,37,38)/t23-/m1/s1. The van der Waals surface area contributed by atoms with E-state index in [1.54, 1.807) is 24.1 Å². The van der Waals surface area contributed by atoms with Crippen molar-refractivity contribution in [3.05, 3.63) is 59.3 Å². The van der Waals surface area contributed by atoms with Crippen LogP contribution in [-0.2, 0) is 9.59 Å². The lowest BCUT2D eigenvalue weighted by Crippen LogP contribution is -2.42. The minimum absolute atomic E-state index is 0.0314. The van der Waals surface area contributed by atoms with Crippen molar-refractivity contribution in [1.29, 1.82) is 21.6 Å². The molecule has 13 heteroatoms. The second-order valence-electron chi connectivity index (χ2n) is 10.6. The summed E-state index contributed by atoms with van der Waals surface area (Å²) in [6, 6.07) is 10.9. The lowest BCUT2D eigenvalue weighted by Gasteiger charge is -2.29. The van der Waals surface area contributed by atoms with Crippen LogP contribution in [0.15, 0.2) is 47.5 Å². The third kappa shape index (κ3) is 7.29. The van der Waals surface area contributed by atoms with Crippen molar-refractivity contribution in [2.45, 2.75) is 19.8 Å². The Morgan fingerprint density at radius 2 is 1.91 bits per heavy atom. The highest BCUT2D eigenvalue weighted by molar-refractivity contribution is 6.64. The Hall–Kier alpha value is -5.04. The van der Waals surface area contributed by atoms with E-state index in [1.807, 2.05) is 41.0 Å². The third-order valence-electron chi connectivity index (χ3n) is 7.82. The molecule has 2 aliphatic heterocycles. The van der Waals surface area contributed by atoms with Crippen LogP contribution in [0.4, 0.5) is 11.5 Å². The summed E-state index contributed by atoms with van der Waals surface area (Å²) < 4.78 is 0. The van der Waals surface area contributed by atoms with Crippen molar-refractivity contribution in [1.82, 2.24) is 20.1 Å². The van der Waals surface area contributed by atoms with Gasteiger partial charge in [0, 0.05) is 45.0 Å². The SMILES string of the molecule is CCN(C(=O)[C@@H]1CCN(CC(=O)N2CC=C(c3ccc(C(=N)/N=C\NC)cc3)CC2)C1)c1ccc(N)c(C(=N)C(=N)C=N)n1. The lowest BCUT2D eigenvalue weighted by atomic mass is 9.98. The average Bonchev–Trinajstić information content (AvgIpc) is 3.52. The second-order valence-corrected chi connectivity index (χ2v) is 10.6. The van der Waals surface area contributed by atoms with Crippen LogP contribution in [0.1, 0.15) is 36.6 Å². The number of carbonyl (C=O) groups excluding carboxylic acids is 2. The molecule has 44 heavy (non-hydrogen) atoms. The maximum atomic E-state index is 13.5. The molecular formula is C31H39N11O2. The fourth-order valence-electron chi connectivity index (χ4n) is 5.33. The Kier molecular flexibility index (Phi) is 10.5. The zero-order valence-electron chi connectivity index (χ0n) is 25.1. The number of nitrogens with two attached hydrogens (primary N) is 1. The summed E-state index contributed by atoms with van der Waals surface area (Å²) in [5.41, 5.74) is 8.60. The van der Waals surface area contributed by atoms with E-state index in [0.717, 1.165) is 23.8 Å². The number of aliphatic imine (C=N–C) groups is 1. The van der Waals surface area contributed by atoms with Crippen LogP contribution in [0.3, 0.4) is 0 Å². The molecule has 0 unspecified atom stereocenters. The van der Waals surface area contributed by atoms with Crippen LogP contribution in [-0.4, -0.2) is 103 Å². The third-order valence-corrected chi connectivity index (χ3v) is 7.82. The van der Waals surface area contributed by atoms with Gasteiger partial charge in [0.15, 0.2) is 5.84 Å². The van der Waals surface area contributed by atoms with Gasteiger partial charge < -0.3 is 21.4 Å². The van der Waals surface area contributed by atoms with Crippen molar-refractivity contribution in [3.63, 3.8) is 0 Å². The molecular weight excluding hydrogens is 558 g/mol. The molecule has 230 valence electrons. The number of benzene rings is 1. The van der Waals surface area contributed by atoms with Gasteiger partial charge in [-0.15, -0.1) is 0 Å². The number of nitrogens with one attached hydrogen (secondary N) is 5. The average molecular weight is 598 g/mol. The number of aromatic nitrogens is 1. The van der Waals surface area contributed by atoms with E-state index < -0.39 is 0 Å². The number of anilines is 2. The normalized spacial score (nSPS) is 16.8. The van der Waals surface area contributed by atoms with Crippen molar-refractivity contribution >= 4 is 58.7 Å². The molecule has 7 N–H and O–H groups in total. The number of hydrogen-bond donors (Lipinski definition) is 6. The summed E-state index contributed by atoms with van der Waals surface area (Å²) in [5, 5.41) is 34.0. The van der Waals surface area contributed by atoms with Gasteiger partial charge in [0.1, 0.15) is 17.2 Å². The van der Waals surface area contributed by atoms with E-state index in [0.29, 0.717) is 45.0 Å². The van der Waals surface area contributed by atoms with Gasteiger partial charge in [0.25, 0.3) is 0 Å². The summed E-state index contributed by atoms with van der Waals surface area (Å²) in [6.07, 6.45) is 5.66. The van der Waals surface area contributed by atoms with Crippen molar-refractivity contribution in [2.24, 2.45) is 10.9 Å². The quantitative estimate of drug-likeness (QED) is 0.169. The minimum atomic E-state index is -0.324. The molecule has 0 aliphatic carbocycles. The Morgan fingerprint density at radius 3 is 2.55 bits per heavy atom. The van der Waals surface area contributed by atoms with Crippen LogP contribution in [0.5, 0.6) is 0 Å². The van der Waals surface area contributed by atoms with Gasteiger partial charge >= 0.3 is 0 Å². The molecule has 0 bridgehead atoms. The Morgan fingerprint density at radius 1 is 1.16 bits per heavy atom. The van der Waals surface area contributed by atoms with E-state index in [-0.39, 0.29) is 52.9 Å². The Bertz CT molecular complexity index is 1510. The van der Waals surface area contributed by atoms with Gasteiger partial charge in [0.05, 0.1) is 30.2 Å². The first kappa shape index (κ1) is 31.9. The van der Waals surface area contributed by atoms with E-state index in [2.05, 4.69) is 21.4 Å². The molecule has 4 rings (SSSR count). The van der Waals surface area contributed by atoms with Crippen LogP contribution in [0.2, 0.25) is 0 Å². The number of rotatable bonds is 11. The molecule has 3 heterocycles. The molecule has 2 aliphatic rings. The smallest absolute Gasteiger partial charge is 0.237 e. The first-order valence-electron chi connectivity index (χ1n) is 14.5. The number of amides is 2. The molecule has 1 atom stereocenters. The van der Waals surface area contributed by atoms with Crippen molar-refractivity contribution < 1.29 is 9.59 Å². The van der Waals surface area contributed by atoms with Crippen LogP contribution in [0.25, 0.3) is 5.57 Å². The van der Waals surface area contributed by atoms with E-state index in [9.17, 15) is 9.59 Å². The van der Waals surface area contributed by atoms with E-state index >= 15 is 0 Å². The highest BCUT2D eigenvalue weighted by Crippen LogP contribution is 2.26. The maximum absolute atomic E-state index is 13.5. The van der Waals surface area contributed by atoms with Gasteiger partial charge in [-0.2, -0.15) is 0 Å². The molecule has 1 aromatic carbocycles. The van der Waals surface area contributed by atoms with Gasteiger partial charge in [-0.05, 0) is 49.6 Å². The fraction of sp³-hybridized carbons (Fsp3) is 0.355. The largest absolute Gasteiger partial charge is 0.397 e. The number of amidine groups is 1. The van der Waals surface area contributed by atoms with Crippen LogP contribution >= 0.6 is 0 Å². The van der Waals surface area contributed by atoms with E-state index in [4.69, 9.17) is 27.4 Å². The molecule has 0 spiro atoms. The molecule has 1 fully saturated rings. The van der Waals surface area contributed by atoms with Crippen LogP contribution in [0, 0.1) is 27.6 Å². The minimum Gasteiger partial charge on any atom is -0.397 e. The number of pyridine rings is 1. The Labute approximate surface area is 256 Å². The molecule has 0 radical (unpaired) electrons. The summed E-state index contributed by atoms with van der Waals surface area (Å²) in [4.78, 5) is 40.5. The molecule has 13 nitrogen and oxygen atoms in total. The summed E-state index contributed by atoms with van der Waals surface area (Å²) in [6.45, 7) is 4.68. The first-order valence-corrected chi connectivity index (χ1v) is 14.5. The predicted octanol–water partition coefficient (Wildman–Crippen LogP) is 2.26. The maximum Gasteiger partial charge on any atom is 0.237 e. The number of likely N-dealkylation sites (tertiary alicyclic amines) is 1. The predicted molar refractivity (Wildman–Crippen MR) is 175 cm³/mol. The molecule has 0 saturated carbocycles. The number of nitrogens with zero attached hydrogens (tertiary/aromatic N) is 5. The Balaban J connectivity index is 1.32. The molecule has 1 saturated heterocycles. The monoisotopic (exact) mass is 597 g/mol. The zero-order chi connectivity index (χ0) is 31.8. The highest BCUT2D eigenvalue weighted by atomic mass is 16.2. The van der Waals surface area contributed by atoms with E-state index in [1.165, 1.54) is 11.9 Å². The zero-order valence-corrected chi connectivity index (χ0v) is 25.1. The summed E-state index contributed by atoms with van der Waals surface area (Å²) in [5.74, 6) is 0.142. The van der Waals surface area contributed by atoms with Gasteiger partial charge in [-0.1, -0.05) is 30.3 Å². The number of hydrogen-bond acceptors (Lipinski definition) is 9. The lowest BCUT2D eigenvalue weighted by molar-refractivity contribution is -0.132. The highest BCUT2D eigenvalue weighted by Gasteiger charge is 2.34. The topological polar surface area (TPSA) is 203 Å². The number of carbonyl (C=O) groups is 2. The van der Waals surface area contributed by atoms with Crippen LogP contribution < -0.4 is 16.0 Å². The van der Waals surface area contributed by atoms with Gasteiger partial charge in [0.2, 0.25) is 11.8 Å². The number of nitrogen functional groups attached to an aromatic ring is 1. The van der Waals surface area contributed by atoms with Gasteiger partial charge in [-0.25, -0.2) is 9.98 Å². The molecule has 2 aromatic rings.